The molecule has 0 spiro atoms. The van der Waals surface area contributed by atoms with Crippen LogP contribution in [0.15, 0.2) is 30.5 Å². The van der Waals surface area contributed by atoms with Crippen LogP contribution in [0.4, 0.5) is 0 Å². The van der Waals surface area contributed by atoms with Gasteiger partial charge in [0.1, 0.15) is 0 Å². The van der Waals surface area contributed by atoms with Gasteiger partial charge in [-0.1, -0.05) is 12.2 Å². The largest absolute Gasteiger partial charge is 0.478 e. The molecule has 0 saturated carbocycles. The third-order valence-corrected chi connectivity index (χ3v) is 2.15. The molecule has 0 bridgehead atoms. The standard InChI is InChI=1S/C13H18N2O3/c1-10(2)9-18-6-5-14-8-12-4-3-11(7-15-12)13(16)17/h3-4,7,14H,1,5-6,8-9H2,2H3,(H,16,17). The van der Waals surface area contributed by atoms with E-state index in [0.717, 1.165) is 17.8 Å². The highest BCUT2D eigenvalue weighted by Gasteiger charge is 2.02. The normalized spacial score (nSPS) is 10.3. The fourth-order valence-electron chi connectivity index (χ4n) is 1.26. The van der Waals surface area contributed by atoms with Crippen molar-refractivity contribution in [3.63, 3.8) is 0 Å². The molecule has 0 radical (unpaired) electrons. The van der Waals surface area contributed by atoms with Gasteiger partial charge < -0.3 is 15.2 Å². The highest BCUT2D eigenvalue weighted by Crippen LogP contribution is 1.99. The number of carbonyl (C=O) groups is 1. The smallest absolute Gasteiger partial charge is 0.337 e. The lowest BCUT2D eigenvalue weighted by molar-refractivity contribution is 0.0696. The summed E-state index contributed by atoms with van der Waals surface area (Å²) in [6.07, 6.45) is 1.36. The second kappa shape index (κ2) is 7.58. The summed E-state index contributed by atoms with van der Waals surface area (Å²) in [5, 5.41) is 11.9. The summed E-state index contributed by atoms with van der Waals surface area (Å²) in [4.78, 5) is 14.7. The van der Waals surface area contributed by atoms with Crippen molar-refractivity contribution in [3.05, 3.63) is 41.7 Å². The molecule has 0 aliphatic rings. The van der Waals surface area contributed by atoms with E-state index < -0.39 is 5.97 Å². The molecule has 1 heterocycles. The number of nitrogens with one attached hydrogen (secondary N) is 1. The summed E-state index contributed by atoms with van der Waals surface area (Å²) in [6.45, 7) is 8.16. The Morgan fingerprint density at radius 2 is 2.33 bits per heavy atom. The molecule has 1 rings (SSSR count). The minimum Gasteiger partial charge on any atom is -0.478 e. The Hall–Kier alpha value is -1.72. The van der Waals surface area contributed by atoms with Crippen LogP contribution in [0, 0.1) is 0 Å². The minimum atomic E-state index is -0.963. The average molecular weight is 250 g/mol. The highest BCUT2D eigenvalue weighted by atomic mass is 16.5. The van der Waals surface area contributed by atoms with Crippen LogP contribution in [-0.2, 0) is 11.3 Å². The van der Waals surface area contributed by atoms with Crippen LogP contribution in [0.3, 0.4) is 0 Å². The summed E-state index contributed by atoms with van der Waals surface area (Å²) in [5.74, 6) is -0.963. The van der Waals surface area contributed by atoms with E-state index in [-0.39, 0.29) is 5.56 Å². The van der Waals surface area contributed by atoms with Gasteiger partial charge in [-0.25, -0.2) is 4.79 Å². The maximum absolute atomic E-state index is 10.6. The van der Waals surface area contributed by atoms with Crippen molar-refractivity contribution in [2.24, 2.45) is 0 Å². The Morgan fingerprint density at radius 1 is 1.56 bits per heavy atom. The molecule has 0 amide bonds. The zero-order valence-electron chi connectivity index (χ0n) is 10.5. The van der Waals surface area contributed by atoms with Gasteiger partial charge in [0.05, 0.1) is 24.5 Å². The van der Waals surface area contributed by atoms with E-state index >= 15 is 0 Å². The van der Waals surface area contributed by atoms with Gasteiger partial charge in [-0.15, -0.1) is 0 Å². The Labute approximate surface area is 107 Å². The topological polar surface area (TPSA) is 71.5 Å². The van der Waals surface area contributed by atoms with E-state index in [1.165, 1.54) is 6.20 Å². The number of pyridine rings is 1. The Balaban J connectivity index is 2.19. The van der Waals surface area contributed by atoms with Gasteiger partial charge in [0.15, 0.2) is 0 Å². The number of ether oxygens (including phenoxy) is 1. The summed E-state index contributed by atoms with van der Waals surface area (Å²) in [6, 6.07) is 3.25. The van der Waals surface area contributed by atoms with Crippen LogP contribution in [-0.4, -0.2) is 35.8 Å². The first kappa shape index (κ1) is 14.3. The molecule has 0 aliphatic carbocycles. The number of aromatic carboxylic acids is 1. The fraction of sp³-hybridized carbons (Fsp3) is 0.385. The predicted molar refractivity (Wildman–Crippen MR) is 68.5 cm³/mol. The third-order valence-electron chi connectivity index (χ3n) is 2.15. The van der Waals surface area contributed by atoms with Crippen LogP contribution >= 0.6 is 0 Å². The molecule has 0 fully saturated rings. The fourth-order valence-corrected chi connectivity index (χ4v) is 1.26. The average Bonchev–Trinajstić information content (AvgIpc) is 2.34. The molecule has 0 saturated heterocycles. The predicted octanol–water partition coefficient (Wildman–Crippen LogP) is 1.46. The van der Waals surface area contributed by atoms with Gasteiger partial charge >= 0.3 is 5.97 Å². The van der Waals surface area contributed by atoms with E-state index in [2.05, 4.69) is 16.9 Å². The molecule has 1 aromatic rings. The monoisotopic (exact) mass is 250 g/mol. The molecule has 18 heavy (non-hydrogen) atoms. The molecule has 0 unspecified atom stereocenters. The number of carboxylic acids is 1. The van der Waals surface area contributed by atoms with E-state index in [4.69, 9.17) is 9.84 Å². The van der Waals surface area contributed by atoms with Crippen LogP contribution in [0.2, 0.25) is 0 Å². The van der Waals surface area contributed by atoms with Gasteiger partial charge in [-0.2, -0.15) is 0 Å². The number of aromatic nitrogens is 1. The van der Waals surface area contributed by atoms with E-state index in [9.17, 15) is 4.79 Å². The molecule has 5 heteroatoms. The molecule has 2 N–H and O–H groups in total. The van der Waals surface area contributed by atoms with Crippen molar-refractivity contribution in [2.75, 3.05) is 19.8 Å². The molecule has 0 atom stereocenters. The number of rotatable bonds is 8. The first-order chi connectivity index (χ1) is 8.59. The lowest BCUT2D eigenvalue weighted by atomic mass is 10.2. The second-order valence-electron chi connectivity index (χ2n) is 4.03. The SMILES string of the molecule is C=C(C)COCCNCc1ccc(C(=O)O)cn1. The van der Waals surface area contributed by atoms with Crippen molar-refractivity contribution < 1.29 is 14.6 Å². The van der Waals surface area contributed by atoms with Gasteiger partial charge in [0, 0.05) is 19.3 Å². The van der Waals surface area contributed by atoms with Crippen LogP contribution < -0.4 is 5.32 Å². The Kier molecular flexibility index (Phi) is 6.04. The maximum atomic E-state index is 10.6. The number of hydrogen-bond acceptors (Lipinski definition) is 4. The van der Waals surface area contributed by atoms with Crippen molar-refractivity contribution in [3.8, 4) is 0 Å². The van der Waals surface area contributed by atoms with E-state index in [1.54, 1.807) is 12.1 Å². The Bertz CT molecular complexity index is 401. The maximum Gasteiger partial charge on any atom is 0.337 e. The van der Waals surface area contributed by atoms with Crippen molar-refractivity contribution in [2.45, 2.75) is 13.5 Å². The van der Waals surface area contributed by atoms with Crippen molar-refractivity contribution in [1.82, 2.24) is 10.3 Å². The quantitative estimate of drug-likeness (QED) is 0.540. The highest BCUT2D eigenvalue weighted by molar-refractivity contribution is 5.87. The molecular weight excluding hydrogens is 232 g/mol. The summed E-state index contributed by atoms with van der Waals surface area (Å²) in [5.41, 5.74) is 2.00. The molecule has 98 valence electrons. The van der Waals surface area contributed by atoms with Crippen molar-refractivity contribution >= 4 is 5.97 Å². The minimum absolute atomic E-state index is 0.198. The van der Waals surface area contributed by atoms with Gasteiger partial charge in [-0.05, 0) is 19.1 Å². The summed E-state index contributed by atoms with van der Waals surface area (Å²) in [7, 11) is 0. The van der Waals surface area contributed by atoms with Crippen LogP contribution in [0.1, 0.15) is 23.0 Å². The van der Waals surface area contributed by atoms with E-state index in [0.29, 0.717) is 19.8 Å². The second-order valence-corrected chi connectivity index (χ2v) is 4.03. The summed E-state index contributed by atoms with van der Waals surface area (Å²) < 4.78 is 5.32. The Morgan fingerprint density at radius 3 is 2.89 bits per heavy atom. The van der Waals surface area contributed by atoms with Gasteiger partial charge in [0.25, 0.3) is 0 Å². The first-order valence-corrected chi connectivity index (χ1v) is 5.70. The lowest BCUT2D eigenvalue weighted by Gasteiger charge is -2.06. The number of hydrogen-bond donors (Lipinski definition) is 2. The van der Waals surface area contributed by atoms with Crippen molar-refractivity contribution in [1.29, 1.82) is 0 Å². The van der Waals surface area contributed by atoms with Crippen LogP contribution in [0.5, 0.6) is 0 Å². The molecule has 5 nitrogen and oxygen atoms in total. The van der Waals surface area contributed by atoms with Gasteiger partial charge in [-0.3, -0.25) is 4.98 Å². The zero-order chi connectivity index (χ0) is 13.4. The summed E-state index contributed by atoms with van der Waals surface area (Å²) >= 11 is 0. The molecular formula is C13H18N2O3. The molecule has 0 aromatic carbocycles. The molecule has 0 aliphatic heterocycles. The lowest BCUT2D eigenvalue weighted by Crippen LogP contribution is -2.20. The first-order valence-electron chi connectivity index (χ1n) is 5.70. The number of carboxylic acid groups (broad SMARTS) is 1. The number of nitrogens with zero attached hydrogens (tertiary/aromatic N) is 1. The van der Waals surface area contributed by atoms with E-state index in [1.807, 2.05) is 6.92 Å². The zero-order valence-corrected chi connectivity index (χ0v) is 10.5. The third kappa shape index (κ3) is 5.56. The molecule has 1 aromatic heterocycles. The van der Waals surface area contributed by atoms with Crippen LogP contribution in [0.25, 0.3) is 0 Å². The van der Waals surface area contributed by atoms with Gasteiger partial charge in [0.2, 0.25) is 0 Å².